The number of carboxylic acid groups (broad SMARTS) is 1. The number of halogens is 4. The van der Waals surface area contributed by atoms with Crippen molar-refractivity contribution in [2.45, 2.75) is 6.54 Å². The van der Waals surface area contributed by atoms with Crippen molar-refractivity contribution in [2.24, 2.45) is 0 Å². The minimum atomic E-state index is -1.30. The average Bonchev–Trinajstić information content (AvgIpc) is 3.07. The van der Waals surface area contributed by atoms with Gasteiger partial charge in [-0.2, -0.15) is 0 Å². The first-order valence-electron chi connectivity index (χ1n) is 13.7. The quantitative estimate of drug-likeness (QED) is 0.124. The smallest absolute Gasteiger partial charge is 0.339 e. The molecule has 1 amide bonds. The molecule has 0 atom stereocenters. The summed E-state index contributed by atoms with van der Waals surface area (Å²) in [5.74, 6) is -3.70. The van der Waals surface area contributed by atoms with Crippen LogP contribution in [-0.4, -0.2) is 30.1 Å². The lowest BCUT2D eigenvalue weighted by Crippen LogP contribution is -2.23. The Hall–Kier alpha value is -6.17. The third-order valence-electron chi connectivity index (χ3n) is 6.27. The van der Waals surface area contributed by atoms with E-state index in [1.54, 1.807) is 24.3 Å². The molecule has 0 spiro atoms. The van der Waals surface area contributed by atoms with Gasteiger partial charge >= 0.3 is 11.9 Å². The number of nitrogens with one attached hydrogen (secondary N) is 1. The maximum Gasteiger partial charge on any atom is 0.339 e. The number of carbonyl (C=O) groups is 3. The van der Waals surface area contributed by atoms with E-state index in [0.717, 1.165) is 23.8 Å². The van der Waals surface area contributed by atoms with E-state index in [2.05, 4.69) is 10.1 Å². The molecule has 2 N–H and O–H groups in total. The maximum absolute atomic E-state index is 13.7. The molecule has 12 heteroatoms. The van der Waals surface area contributed by atoms with E-state index in [9.17, 15) is 31.9 Å². The molecule has 5 aromatic rings. The molecule has 0 aromatic heterocycles. The Labute approximate surface area is 265 Å². The number of ether oxygens (including phenoxy) is 3. The molecule has 0 saturated heterocycles. The van der Waals surface area contributed by atoms with E-state index in [4.69, 9.17) is 14.6 Å². The largest absolute Gasteiger partial charge is 0.478 e. The highest BCUT2D eigenvalue weighted by Crippen LogP contribution is 2.28. The third-order valence-corrected chi connectivity index (χ3v) is 6.27. The summed E-state index contributed by atoms with van der Waals surface area (Å²) < 4.78 is 67.8. The lowest BCUT2D eigenvalue weighted by molar-refractivity contribution is 0.0599. The van der Waals surface area contributed by atoms with Crippen molar-refractivity contribution in [3.8, 4) is 23.0 Å². The Morgan fingerprint density at radius 1 is 0.617 bits per heavy atom. The summed E-state index contributed by atoms with van der Waals surface area (Å²) >= 11 is 0. The Balaban J connectivity index is 0.000000238. The number of benzene rings is 5. The van der Waals surface area contributed by atoms with Crippen molar-refractivity contribution in [2.75, 3.05) is 7.11 Å². The van der Waals surface area contributed by atoms with Crippen LogP contribution in [0.1, 0.15) is 36.6 Å². The van der Waals surface area contributed by atoms with Crippen LogP contribution in [0.25, 0.3) is 0 Å². The van der Waals surface area contributed by atoms with E-state index in [1.165, 1.54) is 73.8 Å². The van der Waals surface area contributed by atoms with Gasteiger partial charge in [0.15, 0.2) is 0 Å². The second-order valence-corrected chi connectivity index (χ2v) is 9.57. The van der Waals surface area contributed by atoms with E-state index in [-0.39, 0.29) is 34.9 Å². The van der Waals surface area contributed by atoms with Crippen molar-refractivity contribution in [3.05, 3.63) is 155 Å². The SMILES string of the molecule is COC(=O)c1ccc(CNC(=O)c2cc(F)ccc2Oc2ccc(F)cc2)cc1.O=C(O)c1cc(F)ccc1Oc1ccc(F)cc1. The minimum absolute atomic E-state index is 0.000468. The van der Waals surface area contributed by atoms with Gasteiger partial charge in [0.1, 0.15) is 51.8 Å². The van der Waals surface area contributed by atoms with Gasteiger partial charge in [0.05, 0.1) is 18.2 Å². The fourth-order valence-corrected chi connectivity index (χ4v) is 3.94. The van der Waals surface area contributed by atoms with Crippen LogP contribution in [-0.2, 0) is 11.3 Å². The second kappa shape index (κ2) is 15.7. The van der Waals surface area contributed by atoms with Gasteiger partial charge in [0, 0.05) is 6.54 Å². The number of hydrogen-bond acceptors (Lipinski definition) is 6. The van der Waals surface area contributed by atoms with Crippen LogP contribution in [0.3, 0.4) is 0 Å². The number of esters is 1. The molecule has 0 bridgehead atoms. The Morgan fingerprint density at radius 3 is 1.53 bits per heavy atom. The summed E-state index contributed by atoms with van der Waals surface area (Å²) in [6.45, 7) is 0.160. The van der Waals surface area contributed by atoms with E-state index >= 15 is 0 Å². The van der Waals surface area contributed by atoms with Gasteiger partial charge in [-0.1, -0.05) is 12.1 Å². The highest BCUT2D eigenvalue weighted by molar-refractivity contribution is 5.97. The number of aromatic carboxylic acids is 1. The van der Waals surface area contributed by atoms with Crippen molar-refractivity contribution in [3.63, 3.8) is 0 Å². The van der Waals surface area contributed by atoms with Crippen LogP contribution in [0.5, 0.6) is 23.0 Å². The van der Waals surface area contributed by atoms with Crippen LogP contribution >= 0.6 is 0 Å². The first-order chi connectivity index (χ1) is 22.5. The number of carbonyl (C=O) groups excluding carboxylic acids is 2. The van der Waals surface area contributed by atoms with Crippen LogP contribution in [0, 0.1) is 23.3 Å². The zero-order valence-corrected chi connectivity index (χ0v) is 24.5. The van der Waals surface area contributed by atoms with Gasteiger partial charge in [-0.3, -0.25) is 4.79 Å². The van der Waals surface area contributed by atoms with Gasteiger partial charge in [0.2, 0.25) is 0 Å². The highest BCUT2D eigenvalue weighted by Gasteiger charge is 2.16. The van der Waals surface area contributed by atoms with E-state index in [1.807, 2.05) is 0 Å². The van der Waals surface area contributed by atoms with Gasteiger partial charge in [-0.25, -0.2) is 27.2 Å². The fourth-order valence-electron chi connectivity index (χ4n) is 3.94. The van der Waals surface area contributed by atoms with Crippen LogP contribution < -0.4 is 14.8 Å². The summed E-state index contributed by atoms with van der Waals surface area (Å²) in [6.07, 6.45) is 0. The molecule has 240 valence electrons. The second-order valence-electron chi connectivity index (χ2n) is 9.57. The number of hydrogen-bond donors (Lipinski definition) is 2. The molecule has 5 aromatic carbocycles. The molecule has 0 saturated carbocycles. The van der Waals surface area contributed by atoms with Gasteiger partial charge < -0.3 is 24.6 Å². The number of methoxy groups -OCH3 is 1. The maximum atomic E-state index is 13.7. The molecule has 5 rings (SSSR count). The number of amides is 1. The van der Waals surface area contributed by atoms with Gasteiger partial charge in [-0.15, -0.1) is 0 Å². The summed E-state index contributed by atoms with van der Waals surface area (Å²) in [4.78, 5) is 34.9. The van der Waals surface area contributed by atoms with Gasteiger partial charge in [0.25, 0.3) is 5.91 Å². The number of rotatable bonds is 9. The average molecular weight is 648 g/mol. The third kappa shape index (κ3) is 9.66. The topological polar surface area (TPSA) is 111 Å². The molecule has 0 heterocycles. The predicted molar refractivity (Wildman–Crippen MR) is 162 cm³/mol. The zero-order valence-electron chi connectivity index (χ0n) is 24.5. The lowest BCUT2D eigenvalue weighted by Gasteiger charge is -2.12. The molecule has 0 fully saturated rings. The molecule has 0 aliphatic carbocycles. The summed E-state index contributed by atoms with van der Waals surface area (Å²) in [5, 5.41) is 11.6. The zero-order chi connectivity index (χ0) is 33.9. The number of carboxylic acids is 1. The molecule has 0 aliphatic heterocycles. The summed E-state index contributed by atoms with van der Waals surface area (Å²) in [5.41, 5.74) is 0.839. The lowest BCUT2D eigenvalue weighted by atomic mass is 10.1. The fraction of sp³-hybridized carbons (Fsp3) is 0.0571. The molecule has 0 aliphatic rings. The highest BCUT2D eigenvalue weighted by atomic mass is 19.1. The minimum Gasteiger partial charge on any atom is -0.478 e. The molecular weight excluding hydrogens is 622 g/mol. The first kappa shape index (κ1) is 33.7. The van der Waals surface area contributed by atoms with Crippen molar-refractivity contribution >= 4 is 17.8 Å². The standard InChI is InChI=1S/C22H17F2NO4.C13H8F2O3/c1-28-22(27)15-4-2-14(3-5-15)13-25-21(26)19-12-17(24)8-11-20(19)29-18-9-6-16(23)7-10-18;14-8-1-4-10(5-2-8)18-12-6-3-9(15)7-11(12)13(16)17/h2-12H,13H2,1H3,(H,25,26);1-7H,(H,16,17). The van der Waals surface area contributed by atoms with Crippen molar-refractivity contribution < 1.29 is 51.3 Å². The Kier molecular flexibility index (Phi) is 11.3. The molecule has 0 unspecified atom stereocenters. The van der Waals surface area contributed by atoms with E-state index in [0.29, 0.717) is 11.3 Å². The molecule has 47 heavy (non-hydrogen) atoms. The summed E-state index contributed by atoms with van der Waals surface area (Å²) in [6, 6.07) is 23.6. The Bertz CT molecular complexity index is 1860. The molecular formula is C35H25F4NO7. The normalized spacial score (nSPS) is 10.2. The van der Waals surface area contributed by atoms with Crippen molar-refractivity contribution in [1.29, 1.82) is 0 Å². The van der Waals surface area contributed by atoms with E-state index < -0.39 is 41.1 Å². The van der Waals surface area contributed by atoms with Gasteiger partial charge in [-0.05, 0) is 103 Å². The van der Waals surface area contributed by atoms with Crippen LogP contribution in [0.4, 0.5) is 17.6 Å². The van der Waals surface area contributed by atoms with Crippen molar-refractivity contribution in [1.82, 2.24) is 5.32 Å². The Morgan fingerprint density at radius 2 is 1.06 bits per heavy atom. The summed E-state index contributed by atoms with van der Waals surface area (Å²) in [7, 11) is 1.29. The van der Waals surface area contributed by atoms with Crippen LogP contribution in [0.15, 0.2) is 109 Å². The monoisotopic (exact) mass is 647 g/mol. The first-order valence-corrected chi connectivity index (χ1v) is 13.7. The van der Waals surface area contributed by atoms with Crippen LogP contribution in [0.2, 0.25) is 0 Å². The predicted octanol–water partition coefficient (Wildman–Crippen LogP) is 7.93. The molecule has 0 radical (unpaired) electrons. The molecule has 8 nitrogen and oxygen atoms in total.